The summed E-state index contributed by atoms with van der Waals surface area (Å²) < 4.78 is 10.5. The zero-order chi connectivity index (χ0) is 16.5. The normalized spacial score (nSPS) is 13.5. The quantitative estimate of drug-likeness (QED) is 0.550. The lowest BCUT2D eigenvalue weighted by molar-refractivity contribution is -0.0347. The average Bonchev–Trinajstić information content (AvgIpc) is 2.60. The van der Waals surface area contributed by atoms with E-state index in [0.717, 1.165) is 16.9 Å². The van der Waals surface area contributed by atoms with Crippen LogP contribution < -0.4 is 10.2 Å². The van der Waals surface area contributed by atoms with Gasteiger partial charge in [-0.05, 0) is 18.6 Å². The number of para-hydroxylation sites is 1. The molecule has 0 bridgehead atoms. The van der Waals surface area contributed by atoms with Gasteiger partial charge in [0.15, 0.2) is 6.79 Å². The number of aliphatic hydroxyl groups excluding tert-OH is 1. The first-order valence-electron chi connectivity index (χ1n) is 7.53. The smallest absolute Gasteiger partial charge is 0.188 e. The molecule has 0 heterocycles. The van der Waals surface area contributed by atoms with Crippen LogP contribution in [-0.2, 0) is 9.57 Å². The van der Waals surface area contributed by atoms with Gasteiger partial charge in [0.25, 0.3) is 0 Å². The molecule has 0 aliphatic heterocycles. The van der Waals surface area contributed by atoms with E-state index in [1.165, 1.54) is 0 Å². The minimum Gasteiger partial charge on any atom is -0.467 e. The molecule has 23 heavy (non-hydrogen) atoms. The molecule has 124 valence electrons. The molecule has 2 aromatic carbocycles. The fraction of sp³-hybridized carbons (Fsp3) is 0.333. The summed E-state index contributed by atoms with van der Waals surface area (Å²) in [5.41, 5.74) is 4.72. The molecule has 2 N–H and O–H groups in total. The van der Waals surface area contributed by atoms with Gasteiger partial charge in [-0.2, -0.15) is 5.48 Å². The highest BCUT2D eigenvalue weighted by molar-refractivity contribution is 5.35. The molecule has 5 heteroatoms. The van der Waals surface area contributed by atoms with Crippen molar-refractivity contribution in [2.45, 2.75) is 19.1 Å². The summed E-state index contributed by atoms with van der Waals surface area (Å²) in [5, 5.41) is 10.1. The minimum absolute atomic E-state index is 0.0916. The predicted octanol–water partition coefficient (Wildman–Crippen LogP) is 2.99. The van der Waals surface area contributed by atoms with E-state index in [0.29, 0.717) is 0 Å². The molecule has 0 unspecified atom stereocenters. The topological polar surface area (TPSA) is 60.0 Å². The summed E-state index contributed by atoms with van der Waals surface area (Å²) in [7, 11) is 1.58. The fourth-order valence-corrected chi connectivity index (χ4v) is 2.18. The lowest BCUT2D eigenvalue weighted by atomic mass is 10.1. The molecule has 0 spiro atoms. The Morgan fingerprint density at radius 3 is 2.48 bits per heavy atom. The van der Waals surface area contributed by atoms with Crippen molar-refractivity contribution in [1.82, 2.24) is 5.48 Å². The summed E-state index contributed by atoms with van der Waals surface area (Å²) in [6.45, 7) is 2.32. The van der Waals surface area contributed by atoms with Gasteiger partial charge in [0.1, 0.15) is 11.9 Å². The maximum Gasteiger partial charge on any atom is 0.188 e. The predicted molar refractivity (Wildman–Crippen MR) is 87.9 cm³/mol. The van der Waals surface area contributed by atoms with E-state index >= 15 is 0 Å². The number of aliphatic hydroxyl groups is 1. The van der Waals surface area contributed by atoms with Gasteiger partial charge in [-0.1, -0.05) is 48.5 Å². The number of hydrogen-bond donors (Lipinski definition) is 2. The van der Waals surface area contributed by atoms with E-state index < -0.39 is 6.10 Å². The van der Waals surface area contributed by atoms with Crippen molar-refractivity contribution in [2.24, 2.45) is 0 Å². The Balaban J connectivity index is 1.86. The number of hydrogen-bond acceptors (Lipinski definition) is 5. The Bertz CT molecular complexity index is 576. The Kier molecular flexibility index (Phi) is 7.03. The highest BCUT2D eigenvalue weighted by Gasteiger charge is 2.13. The van der Waals surface area contributed by atoms with Crippen LogP contribution in [0.3, 0.4) is 0 Å². The maximum absolute atomic E-state index is 10.1. The lowest BCUT2D eigenvalue weighted by Gasteiger charge is -2.19. The molecule has 2 rings (SSSR count). The molecule has 2 aromatic rings. The number of benzene rings is 2. The van der Waals surface area contributed by atoms with Crippen molar-refractivity contribution in [1.29, 1.82) is 0 Å². The van der Waals surface area contributed by atoms with Crippen molar-refractivity contribution in [3.05, 3.63) is 65.7 Å². The largest absolute Gasteiger partial charge is 0.467 e. The van der Waals surface area contributed by atoms with Crippen molar-refractivity contribution in [3.63, 3.8) is 0 Å². The second-order valence-corrected chi connectivity index (χ2v) is 5.17. The molecule has 0 aliphatic rings. The fourth-order valence-electron chi connectivity index (χ4n) is 2.18. The van der Waals surface area contributed by atoms with E-state index in [4.69, 9.17) is 14.3 Å². The van der Waals surface area contributed by atoms with Gasteiger partial charge in [-0.15, -0.1) is 0 Å². The summed E-state index contributed by atoms with van der Waals surface area (Å²) in [6.07, 6.45) is -0.670. The van der Waals surface area contributed by atoms with Crippen LogP contribution in [0.5, 0.6) is 5.75 Å². The average molecular weight is 317 g/mol. The van der Waals surface area contributed by atoms with E-state index in [2.05, 4.69) is 5.48 Å². The summed E-state index contributed by atoms with van der Waals surface area (Å²) in [6, 6.07) is 17.0. The minimum atomic E-state index is -0.670. The van der Waals surface area contributed by atoms with Crippen molar-refractivity contribution in [3.8, 4) is 5.75 Å². The molecule has 0 radical (unpaired) electrons. The summed E-state index contributed by atoms with van der Waals surface area (Å²) in [5.74, 6) is 0.738. The van der Waals surface area contributed by atoms with Crippen LogP contribution >= 0.6 is 0 Å². The van der Waals surface area contributed by atoms with Gasteiger partial charge in [0.05, 0.1) is 12.6 Å². The van der Waals surface area contributed by atoms with E-state index in [1.54, 1.807) is 7.11 Å². The van der Waals surface area contributed by atoms with Crippen LogP contribution in [0.1, 0.15) is 30.2 Å². The molecule has 0 aliphatic carbocycles. The third-order valence-corrected chi connectivity index (χ3v) is 3.40. The molecule has 5 nitrogen and oxygen atoms in total. The first kappa shape index (κ1) is 17.4. The third kappa shape index (κ3) is 5.33. The van der Waals surface area contributed by atoms with Crippen molar-refractivity contribution >= 4 is 0 Å². The Labute approximate surface area is 136 Å². The zero-order valence-corrected chi connectivity index (χ0v) is 13.4. The number of hydroxylamine groups is 1. The molecule has 0 aromatic heterocycles. The number of methoxy groups -OCH3 is 1. The molecular formula is C18H23NO4. The van der Waals surface area contributed by atoms with Gasteiger partial charge in [-0.25, -0.2) is 0 Å². The van der Waals surface area contributed by atoms with Crippen molar-refractivity contribution < 1.29 is 19.4 Å². The van der Waals surface area contributed by atoms with Crippen LogP contribution in [0.15, 0.2) is 54.6 Å². The van der Waals surface area contributed by atoms with Crippen LogP contribution in [0.2, 0.25) is 0 Å². The van der Waals surface area contributed by atoms with Gasteiger partial charge >= 0.3 is 0 Å². The van der Waals surface area contributed by atoms with Crippen LogP contribution in [-0.4, -0.2) is 25.6 Å². The number of nitrogens with one attached hydrogen (secondary N) is 1. The first-order valence-corrected chi connectivity index (χ1v) is 7.53. The molecule has 0 saturated heterocycles. The Morgan fingerprint density at radius 2 is 1.74 bits per heavy atom. The van der Waals surface area contributed by atoms with Gasteiger partial charge < -0.3 is 14.6 Å². The zero-order valence-electron chi connectivity index (χ0n) is 13.4. The van der Waals surface area contributed by atoms with Gasteiger partial charge in [0, 0.05) is 12.7 Å². The van der Waals surface area contributed by atoms with E-state index in [-0.39, 0.29) is 19.4 Å². The summed E-state index contributed by atoms with van der Waals surface area (Å²) >= 11 is 0. The van der Waals surface area contributed by atoms with Gasteiger partial charge in [0.2, 0.25) is 0 Å². The van der Waals surface area contributed by atoms with Gasteiger partial charge in [-0.3, -0.25) is 4.84 Å². The van der Waals surface area contributed by atoms with E-state index in [9.17, 15) is 5.11 Å². The number of rotatable bonds is 9. The molecule has 2 atom stereocenters. The molecular weight excluding hydrogens is 294 g/mol. The second kappa shape index (κ2) is 9.27. The highest BCUT2D eigenvalue weighted by Crippen LogP contribution is 2.25. The highest BCUT2D eigenvalue weighted by atomic mass is 16.7. The number of ether oxygens (including phenoxy) is 2. The third-order valence-electron chi connectivity index (χ3n) is 3.40. The van der Waals surface area contributed by atoms with Crippen LogP contribution in [0.4, 0.5) is 0 Å². The molecule has 0 saturated carbocycles. The maximum atomic E-state index is 10.1. The first-order chi connectivity index (χ1) is 11.2. The monoisotopic (exact) mass is 317 g/mol. The Morgan fingerprint density at radius 1 is 1.04 bits per heavy atom. The van der Waals surface area contributed by atoms with Crippen LogP contribution in [0.25, 0.3) is 0 Å². The molecule has 0 fully saturated rings. The second-order valence-electron chi connectivity index (χ2n) is 5.17. The molecule has 0 amide bonds. The lowest BCUT2D eigenvalue weighted by Crippen LogP contribution is -2.23. The van der Waals surface area contributed by atoms with E-state index in [1.807, 2.05) is 61.5 Å². The summed E-state index contributed by atoms with van der Waals surface area (Å²) in [4.78, 5) is 5.44. The standard InChI is InChI=1S/C18H23NO4/c1-14(16-10-6-7-11-18(16)22-13-21-2)19-23-12-17(20)15-8-4-3-5-9-15/h3-11,14,17,19-20H,12-13H2,1-2H3/t14-,17-/m0/s1. The van der Waals surface area contributed by atoms with Crippen LogP contribution in [0, 0.1) is 0 Å². The van der Waals surface area contributed by atoms with Crippen molar-refractivity contribution in [2.75, 3.05) is 20.5 Å². The Hall–Kier alpha value is -1.92. The SMILES string of the molecule is COCOc1ccccc1[C@H](C)NOC[C@H](O)c1ccccc1.